The minimum Gasteiger partial charge on any atom is -0.493 e. The number of Topliss-reactive ketones (excluding diaryl/α,β-unsaturated/α-hetero) is 1. The normalized spacial score (nSPS) is 10.2. The van der Waals surface area contributed by atoms with Crippen LogP contribution in [0.25, 0.3) is 0 Å². The Labute approximate surface area is 140 Å². The molecule has 0 aliphatic heterocycles. The van der Waals surface area contributed by atoms with Gasteiger partial charge < -0.3 is 9.47 Å². The number of nitrogens with zero attached hydrogens (tertiary/aromatic N) is 1. The van der Waals surface area contributed by atoms with Gasteiger partial charge in [-0.05, 0) is 18.1 Å². The highest BCUT2D eigenvalue weighted by Crippen LogP contribution is 2.31. The molecule has 24 heavy (non-hydrogen) atoms. The summed E-state index contributed by atoms with van der Waals surface area (Å²) in [6.07, 6.45) is 2.01. The molecule has 6 heteroatoms. The predicted molar refractivity (Wildman–Crippen MR) is 89.9 cm³/mol. The second-order valence-corrected chi connectivity index (χ2v) is 5.25. The van der Waals surface area contributed by atoms with Gasteiger partial charge in [-0.15, -0.1) is 0 Å². The number of nitro benzene ring substituents is 1. The summed E-state index contributed by atoms with van der Waals surface area (Å²) in [5, 5.41) is 10.8. The van der Waals surface area contributed by atoms with Gasteiger partial charge in [0, 0.05) is 11.6 Å². The lowest BCUT2D eigenvalue weighted by Crippen LogP contribution is -2.12. The molecule has 0 aliphatic rings. The third kappa shape index (κ3) is 4.32. The zero-order valence-corrected chi connectivity index (χ0v) is 13.7. The Morgan fingerprint density at radius 3 is 2.42 bits per heavy atom. The summed E-state index contributed by atoms with van der Waals surface area (Å²) in [5.41, 5.74) is 1.59. The number of rotatable bonds is 8. The van der Waals surface area contributed by atoms with Gasteiger partial charge in [-0.2, -0.15) is 0 Å². The minimum absolute atomic E-state index is 0.123. The molecule has 2 aromatic rings. The first-order valence-electron chi connectivity index (χ1n) is 7.62. The lowest BCUT2D eigenvalue weighted by Gasteiger charge is -2.10. The molecule has 0 heterocycles. The van der Waals surface area contributed by atoms with Crippen LogP contribution in [0.5, 0.6) is 11.5 Å². The number of carbonyl (C=O) groups excluding carboxylic acids is 1. The van der Waals surface area contributed by atoms with Gasteiger partial charge in [0.15, 0.2) is 23.9 Å². The number of nitro groups is 1. The van der Waals surface area contributed by atoms with Crippen LogP contribution in [0, 0.1) is 10.1 Å². The topological polar surface area (TPSA) is 78.7 Å². The maximum Gasteiger partial charge on any atom is 0.273 e. The lowest BCUT2D eigenvalue weighted by atomic mass is 10.1. The first-order valence-corrected chi connectivity index (χ1v) is 7.62. The largest absolute Gasteiger partial charge is 0.493 e. The van der Waals surface area contributed by atoms with Crippen LogP contribution in [0.4, 0.5) is 5.69 Å². The van der Waals surface area contributed by atoms with Crippen LogP contribution in [0.1, 0.15) is 29.3 Å². The maximum absolute atomic E-state index is 12.2. The fourth-order valence-electron chi connectivity index (χ4n) is 2.26. The average Bonchev–Trinajstić information content (AvgIpc) is 2.60. The van der Waals surface area contributed by atoms with Crippen LogP contribution in [-0.4, -0.2) is 24.4 Å². The number of ketones is 1. The predicted octanol–water partition coefficient (Wildman–Crippen LogP) is 3.82. The Kier molecular flexibility index (Phi) is 5.89. The molecular formula is C18H19NO5. The zero-order valence-electron chi connectivity index (χ0n) is 13.7. The van der Waals surface area contributed by atoms with Crippen molar-refractivity contribution in [3.05, 3.63) is 63.7 Å². The molecule has 126 valence electrons. The van der Waals surface area contributed by atoms with Gasteiger partial charge in [-0.1, -0.05) is 37.6 Å². The second kappa shape index (κ2) is 8.10. The molecule has 6 nitrogen and oxygen atoms in total. The van der Waals surface area contributed by atoms with Crippen LogP contribution in [0.3, 0.4) is 0 Å². The van der Waals surface area contributed by atoms with E-state index in [2.05, 4.69) is 6.92 Å². The van der Waals surface area contributed by atoms with Gasteiger partial charge in [0.05, 0.1) is 18.1 Å². The van der Waals surface area contributed by atoms with Crippen LogP contribution in [0.2, 0.25) is 0 Å². The number of carbonyl (C=O) groups is 1. The summed E-state index contributed by atoms with van der Waals surface area (Å²) in [5.74, 6) is 0.306. The highest BCUT2D eigenvalue weighted by Gasteiger charge is 2.14. The summed E-state index contributed by atoms with van der Waals surface area (Å²) < 4.78 is 10.5. The first-order chi connectivity index (χ1) is 11.5. The zero-order chi connectivity index (χ0) is 17.5. The Bertz CT molecular complexity index is 725. The number of non-ortho nitro benzene ring substituents is 1. The van der Waals surface area contributed by atoms with Gasteiger partial charge in [-0.3, -0.25) is 14.9 Å². The van der Waals surface area contributed by atoms with Crippen molar-refractivity contribution < 1.29 is 19.2 Å². The molecule has 2 aromatic carbocycles. The molecule has 0 N–H and O–H groups in total. The summed E-state index contributed by atoms with van der Waals surface area (Å²) in [4.78, 5) is 22.5. The van der Waals surface area contributed by atoms with E-state index in [1.807, 2.05) is 12.1 Å². The second-order valence-electron chi connectivity index (χ2n) is 5.25. The summed E-state index contributed by atoms with van der Waals surface area (Å²) >= 11 is 0. The van der Waals surface area contributed by atoms with Crippen LogP contribution in [-0.2, 0) is 6.42 Å². The van der Waals surface area contributed by atoms with E-state index in [0.29, 0.717) is 11.3 Å². The molecule has 0 spiro atoms. The summed E-state index contributed by atoms with van der Waals surface area (Å²) in [6, 6.07) is 11.4. The first kappa shape index (κ1) is 17.5. The molecule has 0 radical (unpaired) electrons. The fourth-order valence-corrected chi connectivity index (χ4v) is 2.26. The number of hydrogen-bond donors (Lipinski definition) is 0. The van der Waals surface area contributed by atoms with E-state index in [-0.39, 0.29) is 23.8 Å². The average molecular weight is 329 g/mol. The van der Waals surface area contributed by atoms with Crippen molar-refractivity contribution in [3.63, 3.8) is 0 Å². The van der Waals surface area contributed by atoms with Gasteiger partial charge in [-0.25, -0.2) is 0 Å². The van der Waals surface area contributed by atoms with Crippen LogP contribution >= 0.6 is 0 Å². The Balaban J connectivity index is 2.07. The van der Waals surface area contributed by atoms with Gasteiger partial charge in [0.2, 0.25) is 0 Å². The third-order valence-corrected chi connectivity index (χ3v) is 3.53. The maximum atomic E-state index is 12.2. The molecule has 0 bridgehead atoms. The van der Waals surface area contributed by atoms with Crippen molar-refractivity contribution >= 4 is 11.5 Å². The molecule has 0 aliphatic carbocycles. The van der Waals surface area contributed by atoms with E-state index in [0.717, 1.165) is 12.8 Å². The Morgan fingerprint density at radius 2 is 1.83 bits per heavy atom. The summed E-state index contributed by atoms with van der Waals surface area (Å²) in [6.45, 7) is 1.88. The molecule has 0 amide bonds. The highest BCUT2D eigenvalue weighted by atomic mass is 16.6. The number of aryl methyl sites for hydroxylation is 1. The minimum atomic E-state index is -0.527. The number of ether oxygens (including phenoxy) is 2. The molecule has 0 atom stereocenters. The summed E-state index contributed by atoms with van der Waals surface area (Å²) in [7, 11) is 1.43. The highest BCUT2D eigenvalue weighted by molar-refractivity contribution is 5.97. The smallest absolute Gasteiger partial charge is 0.273 e. The standard InChI is InChI=1S/C18H19NO5/c1-3-4-13-5-7-14(8-6-13)16(20)12-24-18-11-15(19(21)22)9-10-17(18)23-2/h5-11H,3-4,12H2,1-2H3. The molecule has 0 saturated carbocycles. The number of benzene rings is 2. The number of hydrogen-bond acceptors (Lipinski definition) is 5. The molecule has 0 fully saturated rings. The van der Waals surface area contributed by atoms with Crippen molar-refractivity contribution in [3.8, 4) is 11.5 Å². The van der Waals surface area contributed by atoms with E-state index in [1.54, 1.807) is 12.1 Å². The van der Waals surface area contributed by atoms with Crippen molar-refractivity contribution in [2.45, 2.75) is 19.8 Å². The van der Waals surface area contributed by atoms with Gasteiger partial charge in [0.25, 0.3) is 5.69 Å². The van der Waals surface area contributed by atoms with Crippen molar-refractivity contribution in [2.75, 3.05) is 13.7 Å². The van der Waals surface area contributed by atoms with Gasteiger partial charge >= 0.3 is 0 Å². The number of methoxy groups -OCH3 is 1. The van der Waals surface area contributed by atoms with Crippen molar-refractivity contribution in [2.24, 2.45) is 0 Å². The molecule has 0 saturated heterocycles. The Hall–Kier alpha value is -2.89. The van der Waals surface area contributed by atoms with Crippen molar-refractivity contribution in [1.82, 2.24) is 0 Å². The van der Waals surface area contributed by atoms with Crippen molar-refractivity contribution in [1.29, 1.82) is 0 Å². The van der Waals surface area contributed by atoms with E-state index >= 15 is 0 Å². The molecule has 0 unspecified atom stereocenters. The van der Waals surface area contributed by atoms with E-state index in [9.17, 15) is 14.9 Å². The van der Waals surface area contributed by atoms with E-state index < -0.39 is 4.92 Å². The van der Waals surface area contributed by atoms with E-state index in [4.69, 9.17) is 9.47 Å². The lowest BCUT2D eigenvalue weighted by molar-refractivity contribution is -0.385. The monoisotopic (exact) mass is 329 g/mol. The van der Waals surface area contributed by atoms with E-state index in [1.165, 1.54) is 30.9 Å². The Morgan fingerprint density at radius 1 is 1.12 bits per heavy atom. The van der Waals surface area contributed by atoms with Gasteiger partial charge in [0.1, 0.15) is 0 Å². The fraction of sp³-hybridized carbons (Fsp3) is 0.278. The SMILES string of the molecule is CCCc1ccc(C(=O)COc2cc([N+](=O)[O-])ccc2OC)cc1. The van der Waals surface area contributed by atoms with Crippen LogP contribution < -0.4 is 9.47 Å². The third-order valence-electron chi connectivity index (χ3n) is 3.53. The van der Waals surface area contributed by atoms with Crippen LogP contribution in [0.15, 0.2) is 42.5 Å². The molecule has 0 aromatic heterocycles. The quantitative estimate of drug-likeness (QED) is 0.418. The molecule has 2 rings (SSSR count). The molecular weight excluding hydrogens is 310 g/mol.